The fraction of sp³-hybridized carbons (Fsp3) is 0.467. The zero-order valence-electron chi connectivity index (χ0n) is 12.3. The van der Waals surface area contributed by atoms with Gasteiger partial charge in [-0.05, 0) is 37.2 Å². The summed E-state index contributed by atoms with van der Waals surface area (Å²) in [5.74, 6) is 0.295. The number of amides is 2. The Balaban J connectivity index is 2.00. The van der Waals surface area contributed by atoms with E-state index >= 15 is 0 Å². The van der Waals surface area contributed by atoms with Crippen molar-refractivity contribution in [1.82, 2.24) is 5.32 Å². The number of rotatable bonds is 7. The first-order valence-electron chi connectivity index (χ1n) is 6.90. The lowest BCUT2D eigenvalue weighted by atomic mass is 10.2. The van der Waals surface area contributed by atoms with Crippen molar-refractivity contribution < 1.29 is 19.1 Å². The van der Waals surface area contributed by atoms with Crippen LogP contribution in [-0.4, -0.2) is 45.2 Å². The third kappa shape index (κ3) is 3.59. The van der Waals surface area contributed by atoms with E-state index < -0.39 is 6.04 Å². The number of imide groups is 1. The van der Waals surface area contributed by atoms with Gasteiger partial charge in [-0.15, -0.1) is 0 Å². The Hall–Kier alpha value is -1.92. The monoisotopic (exact) mass is 292 g/mol. The maximum absolute atomic E-state index is 12.3. The van der Waals surface area contributed by atoms with Crippen LogP contribution in [0.2, 0.25) is 0 Å². The van der Waals surface area contributed by atoms with Gasteiger partial charge in [-0.2, -0.15) is 0 Å². The predicted molar refractivity (Wildman–Crippen MR) is 78.4 cm³/mol. The maximum atomic E-state index is 12.3. The van der Waals surface area contributed by atoms with Crippen molar-refractivity contribution >= 4 is 17.5 Å². The van der Waals surface area contributed by atoms with Gasteiger partial charge in [-0.25, -0.2) is 4.90 Å². The molecule has 1 atom stereocenters. The molecule has 0 aliphatic carbocycles. The second kappa shape index (κ2) is 7.19. The standard InChI is InChI=1S/C15H20N2O4/c1-20-9-3-8-16-13-10-14(18)17(15(13)19)11-4-6-12(21-2)7-5-11/h4-7,13,16H,3,8-10H2,1-2H3/t13-/m0/s1. The van der Waals surface area contributed by atoms with Crippen LogP contribution >= 0.6 is 0 Å². The summed E-state index contributed by atoms with van der Waals surface area (Å²) in [6.07, 6.45) is 0.995. The molecule has 1 aromatic rings. The van der Waals surface area contributed by atoms with Crippen molar-refractivity contribution in [2.45, 2.75) is 18.9 Å². The number of carbonyl (C=O) groups excluding carboxylic acids is 2. The van der Waals surface area contributed by atoms with Crippen LogP contribution in [0.4, 0.5) is 5.69 Å². The Kier molecular flexibility index (Phi) is 5.30. The van der Waals surface area contributed by atoms with Gasteiger partial charge in [0.2, 0.25) is 5.91 Å². The third-order valence-electron chi connectivity index (χ3n) is 3.39. The molecule has 0 aromatic heterocycles. The molecule has 1 aliphatic heterocycles. The van der Waals surface area contributed by atoms with Gasteiger partial charge >= 0.3 is 0 Å². The van der Waals surface area contributed by atoms with Crippen LogP contribution in [0.5, 0.6) is 5.75 Å². The first-order chi connectivity index (χ1) is 10.2. The number of hydrogen-bond acceptors (Lipinski definition) is 5. The van der Waals surface area contributed by atoms with E-state index in [-0.39, 0.29) is 18.2 Å². The minimum absolute atomic E-state index is 0.186. The summed E-state index contributed by atoms with van der Waals surface area (Å²) < 4.78 is 10.0. The summed E-state index contributed by atoms with van der Waals surface area (Å²) in [5, 5.41) is 3.10. The van der Waals surface area contributed by atoms with Gasteiger partial charge in [0.25, 0.3) is 5.91 Å². The minimum Gasteiger partial charge on any atom is -0.497 e. The van der Waals surface area contributed by atoms with Gasteiger partial charge < -0.3 is 14.8 Å². The van der Waals surface area contributed by atoms with E-state index in [1.165, 1.54) is 4.90 Å². The summed E-state index contributed by atoms with van der Waals surface area (Å²) in [5.41, 5.74) is 0.576. The van der Waals surface area contributed by atoms with Crippen molar-refractivity contribution in [3.8, 4) is 5.75 Å². The van der Waals surface area contributed by atoms with Crippen molar-refractivity contribution in [2.24, 2.45) is 0 Å². The molecule has 2 rings (SSSR count). The highest BCUT2D eigenvalue weighted by Gasteiger charge is 2.39. The molecule has 0 bridgehead atoms. The van der Waals surface area contributed by atoms with Gasteiger partial charge in [0.15, 0.2) is 0 Å². The Morgan fingerprint density at radius 1 is 1.24 bits per heavy atom. The molecule has 114 valence electrons. The molecule has 6 heteroatoms. The van der Waals surface area contributed by atoms with Crippen LogP contribution in [0, 0.1) is 0 Å². The second-order valence-corrected chi connectivity index (χ2v) is 4.82. The van der Waals surface area contributed by atoms with Gasteiger partial charge in [0.1, 0.15) is 5.75 Å². The number of benzene rings is 1. The minimum atomic E-state index is -0.448. The topological polar surface area (TPSA) is 67.9 Å². The lowest BCUT2D eigenvalue weighted by Gasteiger charge is -2.16. The van der Waals surface area contributed by atoms with Gasteiger partial charge in [-0.3, -0.25) is 9.59 Å². The van der Waals surface area contributed by atoms with E-state index in [1.54, 1.807) is 38.5 Å². The Bertz CT molecular complexity index is 501. The van der Waals surface area contributed by atoms with Crippen LogP contribution in [0.1, 0.15) is 12.8 Å². The zero-order chi connectivity index (χ0) is 15.2. The number of hydrogen-bond donors (Lipinski definition) is 1. The lowest BCUT2D eigenvalue weighted by Crippen LogP contribution is -2.39. The molecular formula is C15H20N2O4. The molecule has 1 N–H and O–H groups in total. The highest BCUT2D eigenvalue weighted by molar-refractivity contribution is 6.22. The van der Waals surface area contributed by atoms with Crippen LogP contribution in [0.3, 0.4) is 0 Å². The zero-order valence-corrected chi connectivity index (χ0v) is 12.3. The van der Waals surface area contributed by atoms with Crippen LogP contribution in [-0.2, 0) is 14.3 Å². The van der Waals surface area contributed by atoms with E-state index in [0.717, 1.165) is 6.42 Å². The first kappa shape index (κ1) is 15.5. The average Bonchev–Trinajstić information content (AvgIpc) is 2.78. The van der Waals surface area contributed by atoms with E-state index in [9.17, 15) is 9.59 Å². The molecule has 1 aromatic carbocycles. The molecule has 1 saturated heterocycles. The molecular weight excluding hydrogens is 272 g/mol. The van der Waals surface area contributed by atoms with Gasteiger partial charge in [-0.1, -0.05) is 0 Å². The summed E-state index contributed by atoms with van der Waals surface area (Å²) in [6, 6.07) is 6.44. The van der Waals surface area contributed by atoms with E-state index in [0.29, 0.717) is 24.6 Å². The van der Waals surface area contributed by atoms with Crippen molar-refractivity contribution in [2.75, 3.05) is 32.3 Å². The molecule has 0 radical (unpaired) electrons. The molecule has 2 amide bonds. The van der Waals surface area contributed by atoms with Gasteiger partial charge in [0, 0.05) is 13.7 Å². The Labute approximate surface area is 124 Å². The molecule has 0 saturated carbocycles. The fourth-order valence-corrected chi connectivity index (χ4v) is 2.29. The SMILES string of the molecule is COCCCN[C@H]1CC(=O)N(c2ccc(OC)cc2)C1=O. The molecule has 0 unspecified atom stereocenters. The largest absolute Gasteiger partial charge is 0.497 e. The molecule has 6 nitrogen and oxygen atoms in total. The maximum Gasteiger partial charge on any atom is 0.251 e. The van der Waals surface area contributed by atoms with E-state index in [1.807, 2.05) is 0 Å². The number of carbonyl (C=O) groups is 2. The summed E-state index contributed by atoms with van der Waals surface area (Å²) in [7, 11) is 3.21. The number of nitrogens with one attached hydrogen (secondary N) is 1. The lowest BCUT2D eigenvalue weighted by molar-refractivity contribution is -0.121. The van der Waals surface area contributed by atoms with Crippen molar-refractivity contribution in [1.29, 1.82) is 0 Å². The molecule has 21 heavy (non-hydrogen) atoms. The number of methoxy groups -OCH3 is 2. The fourth-order valence-electron chi connectivity index (χ4n) is 2.29. The first-order valence-corrected chi connectivity index (χ1v) is 6.90. The number of anilines is 1. The predicted octanol–water partition coefficient (Wildman–Crippen LogP) is 0.953. The molecule has 1 fully saturated rings. The van der Waals surface area contributed by atoms with Gasteiger partial charge in [0.05, 0.1) is 25.3 Å². The molecule has 0 spiro atoms. The van der Waals surface area contributed by atoms with E-state index in [2.05, 4.69) is 5.32 Å². The third-order valence-corrected chi connectivity index (χ3v) is 3.39. The van der Waals surface area contributed by atoms with Crippen LogP contribution < -0.4 is 15.0 Å². The normalized spacial score (nSPS) is 18.4. The molecule has 1 aliphatic rings. The Morgan fingerprint density at radius 2 is 1.95 bits per heavy atom. The second-order valence-electron chi connectivity index (χ2n) is 4.82. The highest BCUT2D eigenvalue weighted by Crippen LogP contribution is 2.25. The van der Waals surface area contributed by atoms with Crippen molar-refractivity contribution in [3.63, 3.8) is 0 Å². The number of nitrogens with zero attached hydrogens (tertiary/aromatic N) is 1. The smallest absolute Gasteiger partial charge is 0.251 e. The molecule has 1 heterocycles. The van der Waals surface area contributed by atoms with Crippen LogP contribution in [0.15, 0.2) is 24.3 Å². The quantitative estimate of drug-likeness (QED) is 0.599. The average molecular weight is 292 g/mol. The summed E-state index contributed by atoms with van der Waals surface area (Å²) >= 11 is 0. The summed E-state index contributed by atoms with van der Waals surface area (Å²) in [6.45, 7) is 1.28. The van der Waals surface area contributed by atoms with Crippen LogP contribution in [0.25, 0.3) is 0 Å². The van der Waals surface area contributed by atoms with Crippen molar-refractivity contribution in [3.05, 3.63) is 24.3 Å². The highest BCUT2D eigenvalue weighted by atomic mass is 16.5. The number of ether oxygens (including phenoxy) is 2. The summed E-state index contributed by atoms with van der Waals surface area (Å²) in [4.78, 5) is 25.6. The Morgan fingerprint density at radius 3 is 2.57 bits per heavy atom. The van der Waals surface area contributed by atoms with E-state index in [4.69, 9.17) is 9.47 Å².